The van der Waals surface area contributed by atoms with Crippen LogP contribution in [0, 0.1) is 0 Å². The zero-order chi connectivity index (χ0) is 81.7. The number of hydrogen-bond acceptors (Lipinski definition) is 15. The highest BCUT2D eigenvalue weighted by Gasteiger charge is 2.30. The molecule has 0 aliphatic heterocycles. The molecule has 630 valence electrons. The lowest BCUT2D eigenvalue weighted by Gasteiger charge is -2.21. The van der Waals surface area contributed by atoms with Gasteiger partial charge in [0.05, 0.1) is 26.4 Å². The number of aliphatic hydroxyl groups is 1. The Morgan fingerprint density at radius 3 is 0.768 bits per heavy atom. The average molecular weight is 1600 g/mol. The number of esters is 4. The van der Waals surface area contributed by atoms with Gasteiger partial charge in [0.15, 0.2) is 12.2 Å². The Morgan fingerprint density at radius 2 is 0.482 bits per heavy atom. The molecule has 0 aromatic rings. The van der Waals surface area contributed by atoms with Crippen LogP contribution in [-0.4, -0.2) is 96.7 Å². The SMILES string of the molecule is CC/C=C\C/C=C\C/C=C\C/C=C\C/C=C\C/C=C\CCC(=O)O[C@H](COC(=O)CCCCC/C=C\C/C=C\C/C=C\C/C=C\C/C=C\CC)COP(=O)(O)OC[C@@H](O)COP(=O)(O)OC[C@@H](COC(=O)CCCCCCCCC/C=C\CCCCCC)OC(=O)CC/C=C\C/C=C\C/C=C\C/C=C\C/C=C\C/C=C\CC. The van der Waals surface area contributed by atoms with E-state index in [4.69, 9.17) is 37.0 Å². The fourth-order valence-corrected chi connectivity index (χ4v) is 11.8. The summed E-state index contributed by atoms with van der Waals surface area (Å²) < 4.78 is 68.6. The second-order valence-electron chi connectivity index (χ2n) is 26.9. The van der Waals surface area contributed by atoms with E-state index in [2.05, 4.69) is 210 Å². The van der Waals surface area contributed by atoms with Crippen LogP contribution in [-0.2, 0) is 65.4 Å². The minimum absolute atomic E-state index is 0.0420. The maximum atomic E-state index is 13.1. The molecule has 0 rings (SSSR count). The van der Waals surface area contributed by atoms with Crippen molar-refractivity contribution in [3.8, 4) is 0 Å². The molecule has 0 amide bonds. The molecule has 17 nitrogen and oxygen atoms in total. The summed E-state index contributed by atoms with van der Waals surface area (Å²) in [5.41, 5.74) is 0. The van der Waals surface area contributed by atoms with Gasteiger partial charge in [-0.3, -0.25) is 37.3 Å². The van der Waals surface area contributed by atoms with Crippen LogP contribution < -0.4 is 0 Å². The van der Waals surface area contributed by atoms with Crippen molar-refractivity contribution in [2.24, 2.45) is 0 Å². The molecular formula is C93H146O17P2. The van der Waals surface area contributed by atoms with Crippen molar-refractivity contribution in [1.82, 2.24) is 0 Å². The standard InChI is InChI=1S/C93H146O17P2/c1-5-9-13-17-21-25-29-33-37-40-43-46-50-54-58-62-66-70-74-78-91(96)104-84-89(110-93(98)80-76-72-68-64-60-56-52-48-45-42-39-35-31-27-23-19-15-11-7-3)86-108-112(101,102)106-82-87(94)81-105-111(99,100)107-85-88(83-103-90(95)77-73-69-65-61-57-53-49-36-32-28-24-20-16-12-8-4)109-92(97)79-75-71-67-63-59-55-51-47-44-41-38-34-30-26-22-18-14-10-6-2/h9-11,13-15,21-23,25-28,32-35,37-39,43-48,54-56,58-60,67-68,71-72,87-89,94H,5-8,12,16-20,24,29-31,36,40-42,49-53,57,61-66,69-70,73-86H2,1-4H3,(H,99,100)(H,101,102)/b13-9-,14-10-,15-11-,25-21-,26-22-,27-23-,32-28-,37-33-,38-34-,39-35-,46-43-,47-44-,48-45-,58-54-,59-55-,60-56-,71-67-,72-68-/t87-,88+,89+/m0/s1. The number of carbonyl (C=O) groups excluding carboxylic acids is 4. The molecule has 0 bridgehead atoms. The van der Waals surface area contributed by atoms with E-state index in [1.807, 2.05) is 36.5 Å². The Morgan fingerprint density at radius 1 is 0.259 bits per heavy atom. The first kappa shape index (κ1) is 105. The van der Waals surface area contributed by atoms with Crippen LogP contribution in [0.2, 0.25) is 0 Å². The van der Waals surface area contributed by atoms with E-state index in [1.165, 1.54) is 25.7 Å². The summed E-state index contributed by atoms with van der Waals surface area (Å²) in [6, 6.07) is 0. The smallest absolute Gasteiger partial charge is 0.462 e. The van der Waals surface area contributed by atoms with Crippen molar-refractivity contribution in [2.75, 3.05) is 39.6 Å². The van der Waals surface area contributed by atoms with Gasteiger partial charge < -0.3 is 33.8 Å². The van der Waals surface area contributed by atoms with Gasteiger partial charge in [0.1, 0.15) is 19.3 Å². The number of allylic oxidation sites excluding steroid dienone is 36. The molecule has 0 heterocycles. The summed E-state index contributed by atoms with van der Waals surface area (Å²) in [7, 11) is -10.1. The van der Waals surface area contributed by atoms with Gasteiger partial charge in [0.25, 0.3) is 0 Å². The number of rotatable bonds is 76. The van der Waals surface area contributed by atoms with Crippen LogP contribution in [0.4, 0.5) is 0 Å². The molecule has 112 heavy (non-hydrogen) atoms. The Labute approximate surface area is 677 Å². The Balaban J connectivity index is 5.59. The van der Waals surface area contributed by atoms with Crippen molar-refractivity contribution >= 4 is 39.5 Å². The zero-order valence-corrected chi connectivity index (χ0v) is 70.8. The predicted molar refractivity (Wildman–Crippen MR) is 463 cm³/mol. The second kappa shape index (κ2) is 82.4. The van der Waals surface area contributed by atoms with Crippen LogP contribution in [0.1, 0.15) is 285 Å². The highest BCUT2D eigenvalue weighted by atomic mass is 31.2. The largest absolute Gasteiger partial charge is 0.472 e. The molecule has 0 fully saturated rings. The molecule has 0 aromatic carbocycles. The zero-order valence-electron chi connectivity index (χ0n) is 69.0. The summed E-state index contributed by atoms with van der Waals surface area (Å²) in [6.07, 6.45) is 105. The maximum Gasteiger partial charge on any atom is 0.472 e. The Bertz CT molecular complexity index is 2990. The number of unbranched alkanes of at least 4 members (excludes halogenated alkanes) is 14. The quantitative estimate of drug-likeness (QED) is 0.0169. The first-order chi connectivity index (χ1) is 54.7. The number of aliphatic hydroxyl groups excluding tert-OH is 1. The molecule has 0 spiro atoms. The third kappa shape index (κ3) is 81.4. The second-order valence-corrected chi connectivity index (χ2v) is 29.8. The molecule has 3 N–H and O–H groups in total. The molecule has 0 aliphatic rings. The molecule has 19 heteroatoms. The van der Waals surface area contributed by atoms with E-state index >= 15 is 0 Å². The average Bonchev–Trinajstić information content (AvgIpc) is 0.907. The number of phosphoric ester groups is 2. The van der Waals surface area contributed by atoms with Gasteiger partial charge in [-0.1, -0.05) is 304 Å². The summed E-state index contributed by atoms with van der Waals surface area (Å²) in [5, 5.41) is 10.7. The van der Waals surface area contributed by atoms with E-state index in [-0.39, 0.29) is 25.7 Å². The highest BCUT2D eigenvalue weighted by molar-refractivity contribution is 7.47. The Hall–Kier alpha value is -6.62. The fraction of sp³-hybridized carbons (Fsp3) is 0.570. The van der Waals surface area contributed by atoms with E-state index < -0.39 is 97.5 Å². The van der Waals surface area contributed by atoms with Crippen LogP contribution >= 0.6 is 15.6 Å². The summed E-state index contributed by atoms with van der Waals surface area (Å²) in [6.45, 7) is 4.28. The van der Waals surface area contributed by atoms with Crippen LogP contribution in [0.3, 0.4) is 0 Å². The lowest BCUT2D eigenvalue weighted by atomic mass is 10.1. The highest BCUT2D eigenvalue weighted by Crippen LogP contribution is 2.45. The topological polar surface area (TPSA) is 237 Å². The fourth-order valence-electron chi connectivity index (χ4n) is 10.2. The van der Waals surface area contributed by atoms with Crippen molar-refractivity contribution < 1.29 is 80.2 Å². The lowest BCUT2D eigenvalue weighted by molar-refractivity contribution is -0.161. The Kier molecular flexibility index (Phi) is 77.5. The van der Waals surface area contributed by atoms with Crippen LogP contribution in [0.25, 0.3) is 0 Å². The van der Waals surface area contributed by atoms with Crippen molar-refractivity contribution in [2.45, 2.75) is 303 Å². The first-order valence-electron chi connectivity index (χ1n) is 42.0. The molecule has 0 saturated heterocycles. The third-order valence-electron chi connectivity index (χ3n) is 16.4. The minimum atomic E-state index is -5.03. The van der Waals surface area contributed by atoms with Gasteiger partial charge >= 0.3 is 39.5 Å². The molecule has 2 unspecified atom stereocenters. The number of carbonyl (C=O) groups is 4. The van der Waals surface area contributed by atoms with Crippen LogP contribution in [0.15, 0.2) is 219 Å². The number of ether oxygens (including phenoxy) is 4. The molecule has 0 aromatic heterocycles. The molecule has 0 aliphatic carbocycles. The lowest BCUT2D eigenvalue weighted by Crippen LogP contribution is -2.30. The minimum Gasteiger partial charge on any atom is -0.462 e. The number of hydrogen-bond donors (Lipinski definition) is 3. The van der Waals surface area contributed by atoms with Gasteiger partial charge in [0, 0.05) is 25.7 Å². The molecule has 0 saturated carbocycles. The summed E-state index contributed by atoms with van der Waals surface area (Å²) in [5.74, 6) is -2.44. The van der Waals surface area contributed by atoms with Gasteiger partial charge in [-0.15, -0.1) is 0 Å². The normalized spacial score (nSPS) is 14.9. The van der Waals surface area contributed by atoms with E-state index in [1.54, 1.807) is 0 Å². The van der Waals surface area contributed by atoms with E-state index in [0.29, 0.717) is 38.5 Å². The molecular weight excluding hydrogens is 1450 g/mol. The van der Waals surface area contributed by atoms with E-state index in [9.17, 15) is 43.2 Å². The van der Waals surface area contributed by atoms with Crippen molar-refractivity contribution in [3.05, 3.63) is 219 Å². The monoisotopic (exact) mass is 1600 g/mol. The summed E-state index contributed by atoms with van der Waals surface area (Å²) >= 11 is 0. The van der Waals surface area contributed by atoms with Gasteiger partial charge in [-0.2, -0.15) is 0 Å². The molecule has 0 radical (unpaired) electrons. The maximum absolute atomic E-state index is 13.1. The van der Waals surface area contributed by atoms with Gasteiger partial charge in [-0.25, -0.2) is 9.13 Å². The van der Waals surface area contributed by atoms with Crippen LogP contribution in [0.5, 0.6) is 0 Å². The van der Waals surface area contributed by atoms with Crippen molar-refractivity contribution in [1.29, 1.82) is 0 Å². The van der Waals surface area contributed by atoms with E-state index in [0.717, 1.165) is 167 Å². The van der Waals surface area contributed by atoms with Gasteiger partial charge in [-0.05, 0) is 173 Å². The first-order valence-corrected chi connectivity index (χ1v) is 45.0. The third-order valence-corrected chi connectivity index (χ3v) is 18.3. The summed E-state index contributed by atoms with van der Waals surface area (Å²) in [4.78, 5) is 73.2. The van der Waals surface area contributed by atoms with Gasteiger partial charge in [0.2, 0.25) is 0 Å². The molecule has 5 atom stereocenters. The van der Waals surface area contributed by atoms with Crippen molar-refractivity contribution in [3.63, 3.8) is 0 Å². The predicted octanol–water partition coefficient (Wildman–Crippen LogP) is 25.2. The number of phosphoric acid groups is 2.